The Labute approximate surface area is 192 Å². The molecule has 0 amide bonds. The van der Waals surface area contributed by atoms with Gasteiger partial charge in [-0.1, -0.05) is 61.7 Å². The van der Waals surface area contributed by atoms with E-state index in [1.54, 1.807) is 37.4 Å². The van der Waals surface area contributed by atoms with Gasteiger partial charge in [0.2, 0.25) is 0 Å². The van der Waals surface area contributed by atoms with Gasteiger partial charge in [0.1, 0.15) is 17.3 Å². The molecule has 4 nitrogen and oxygen atoms in total. The fraction of sp³-hybridized carbons (Fsp3) is 0.280. The highest BCUT2D eigenvalue weighted by Gasteiger charge is 2.43. The highest BCUT2D eigenvalue weighted by Crippen LogP contribution is 2.60. The van der Waals surface area contributed by atoms with E-state index in [0.717, 1.165) is 0 Å². The van der Waals surface area contributed by atoms with Gasteiger partial charge in [-0.15, -0.1) is 23.5 Å². The van der Waals surface area contributed by atoms with Crippen LogP contribution in [-0.2, 0) is 23.1 Å². The predicted octanol–water partition coefficient (Wildman–Crippen LogP) is 5.57. The van der Waals surface area contributed by atoms with E-state index < -0.39 is 0 Å². The van der Waals surface area contributed by atoms with Crippen molar-refractivity contribution in [1.82, 2.24) is 0 Å². The van der Waals surface area contributed by atoms with Crippen LogP contribution >= 0.6 is 23.5 Å². The number of esters is 2. The highest BCUT2D eigenvalue weighted by molar-refractivity contribution is 8.17. The molecular formula is C25H26O4S2. The number of benzene rings is 2. The number of ether oxygens (including phenoxy) is 2. The van der Waals surface area contributed by atoms with Gasteiger partial charge >= 0.3 is 11.9 Å². The zero-order valence-corrected chi connectivity index (χ0v) is 19.4. The lowest BCUT2D eigenvalue weighted by Gasteiger charge is -2.31. The average Bonchev–Trinajstić information content (AvgIpc) is 3.04. The highest BCUT2D eigenvalue weighted by atomic mass is 32.2. The second-order valence-electron chi connectivity index (χ2n) is 7.24. The topological polar surface area (TPSA) is 52.6 Å². The van der Waals surface area contributed by atoms with Crippen molar-refractivity contribution in [1.29, 1.82) is 0 Å². The van der Waals surface area contributed by atoms with Crippen LogP contribution < -0.4 is 0 Å². The molecule has 2 aromatic carbocycles. The molecule has 162 valence electrons. The van der Waals surface area contributed by atoms with Gasteiger partial charge in [-0.3, -0.25) is 0 Å². The number of carbonyl (C=O) groups is 2. The van der Waals surface area contributed by atoms with E-state index >= 15 is 0 Å². The number of carbonyl (C=O) groups excluding carboxylic acids is 2. The minimum Gasteiger partial charge on any atom is -0.461 e. The Hall–Kier alpha value is -2.44. The average molecular weight is 455 g/mol. The smallest absolute Gasteiger partial charge is 0.333 e. The monoisotopic (exact) mass is 454 g/mol. The molecule has 1 aliphatic rings. The molecule has 3 rings (SSSR count). The summed E-state index contributed by atoms with van der Waals surface area (Å²) in [6.07, 6.45) is 0. The van der Waals surface area contributed by atoms with Gasteiger partial charge in [-0.25, -0.2) is 9.59 Å². The second kappa shape index (κ2) is 10.2. The molecule has 31 heavy (non-hydrogen) atoms. The minimum absolute atomic E-state index is 0.299. The van der Waals surface area contributed by atoms with Crippen LogP contribution in [0.25, 0.3) is 11.1 Å². The normalized spacial score (nSPS) is 13.1. The zero-order chi connectivity index (χ0) is 22.4. The van der Waals surface area contributed by atoms with Gasteiger partial charge in [0.15, 0.2) is 0 Å². The van der Waals surface area contributed by atoms with E-state index in [1.165, 1.54) is 22.3 Å². The molecule has 0 aromatic heterocycles. The van der Waals surface area contributed by atoms with Crippen molar-refractivity contribution in [3.05, 3.63) is 84.0 Å². The fourth-order valence-corrected chi connectivity index (χ4v) is 6.47. The van der Waals surface area contributed by atoms with Gasteiger partial charge in [-0.2, -0.15) is 0 Å². The van der Waals surface area contributed by atoms with Gasteiger partial charge in [0, 0.05) is 22.7 Å². The summed E-state index contributed by atoms with van der Waals surface area (Å²) in [5.74, 6) is 0.503. The summed E-state index contributed by atoms with van der Waals surface area (Å²) in [4.78, 5) is 23.5. The van der Waals surface area contributed by atoms with E-state index in [-0.39, 0.29) is 16.0 Å². The molecule has 0 N–H and O–H groups in total. The second-order valence-corrected chi connectivity index (χ2v) is 10.1. The van der Waals surface area contributed by atoms with Crippen molar-refractivity contribution >= 4 is 35.5 Å². The molecule has 0 fully saturated rings. The minimum atomic E-state index is -0.377. The van der Waals surface area contributed by atoms with Crippen molar-refractivity contribution in [2.24, 2.45) is 0 Å². The first-order valence-corrected chi connectivity index (χ1v) is 12.0. The fourth-order valence-electron chi connectivity index (χ4n) is 3.39. The van der Waals surface area contributed by atoms with Gasteiger partial charge in [-0.05, 0) is 36.1 Å². The lowest BCUT2D eigenvalue weighted by Crippen LogP contribution is -2.21. The van der Waals surface area contributed by atoms with Gasteiger partial charge < -0.3 is 9.47 Å². The van der Waals surface area contributed by atoms with Crippen LogP contribution in [0.2, 0.25) is 0 Å². The first-order valence-electron chi connectivity index (χ1n) is 9.99. The molecule has 0 atom stereocenters. The Morgan fingerprint density at radius 2 is 1.16 bits per heavy atom. The van der Waals surface area contributed by atoms with E-state index in [1.807, 2.05) is 24.3 Å². The maximum absolute atomic E-state index is 11.8. The summed E-state index contributed by atoms with van der Waals surface area (Å²) in [6.45, 7) is 11.1. The van der Waals surface area contributed by atoms with Gasteiger partial charge in [0.25, 0.3) is 0 Å². The lowest BCUT2D eigenvalue weighted by atomic mass is 10.1. The van der Waals surface area contributed by atoms with Crippen LogP contribution in [0.1, 0.15) is 25.0 Å². The van der Waals surface area contributed by atoms with Crippen LogP contribution in [0.4, 0.5) is 0 Å². The predicted molar refractivity (Wildman–Crippen MR) is 129 cm³/mol. The van der Waals surface area contributed by atoms with Crippen LogP contribution in [0.15, 0.2) is 72.8 Å². The van der Waals surface area contributed by atoms with Crippen molar-refractivity contribution in [3.63, 3.8) is 0 Å². The maximum atomic E-state index is 11.8. The van der Waals surface area contributed by atoms with Crippen molar-refractivity contribution in [2.45, 2.75) is 17.9 Å². The molecule has 0 saturated carbocycles. The quantitative estimate of drug-likeness (QED) is 0.202. The summed E-state index contributed by atoms with van der Waals surface area (Å²) in [6, 6.07) is 16.8. The third kappa shape index (κ3) is 5.08. The molecule has 0 unspecified atom stereocenters. The number of hydrogen-bond donors (Lipinski definition) is 0. The van der Waals surface area contributed by atoms with E-state index in [0.29, 0.717) is 35.9 Å². The van der Waals surface area contributed by atoms with Crippen molar-refractivity contribution < 1.29 is 19.1 Å². The van der Waals surface area contributed by atoms with Crippen LogP contribution in [0.5, 0.6) is 0 Å². The summed E-state index contributed by atoms with van der Waals surface area (Å²) in [7, 11) is 0. The Balaban J connectivity index is 1.83. The maximum Gasteiger partial charge on any atom is 0.333 e. The van der Waals surface area contributed by atoms with Crippen LogP contribution in [-0.4, -0.2) is 36.7 Å². The summed E-state index contributed by atoms with van der Waals surface area (Å²) in [5, 5.41) is 0. The summed E-state index contributed by atoms with van der Waals surface area (Å²) >= 11 is 3.47. The molecule has 0 aliphatic heterocycles. The molecule has 1 aliphatic carbocycles. The largest absolute Gasteiger partial charge is 0.461 e. The Morgan fingerprint density at radius 3 is 1.55 bits per heavy atom. The lowest BCUT2D eigenvalue weighted by molar-refractivity contribution is -0.139. The number of thioether (sulfide) groups is 2. The number of rotatable bonds is 10. The molecule has 6 heteroatoms. The van der Waals surface area contributed by atoms with Crippen molar-refractivity contribution in [3.8, 4) is 11.1 Å². The summed E-state index contributed by atoms with van der Waals surface area (Å²) in [5.41, 5.74) is 5.62. The standard InChI is InChI=1S/C25H26O4S2/c1-17(2)23(26)28-13-15-30-25(31-16-14-29-24(27)18(3)4)21-11-7-5-9-19(21)20-10-6-8-12-22(20)25/h5-12H,1,3,13-16H2,2,4H3. The molecule has 0 spiro atoms. The van der Waals surface area contributed by atoms with E-state index in [9.17, 15) is 9.59 Å². The van der Waals surface area contributed by atoms with Gasteiger partial charge in [0.05, 0.1) is 0 Å². The third-order valence-electron chi connectivity index (χ3n) is 4.79. The number of fused-ring (bicyclic) bond motifs is 3. The molecule has 2 aromatic rings. The van der Waals surface area contributed by atoms with Crippen molar-refractivity contribution in [2.75, 3.05) is 24.7 Å². The summed E-state index contributed by atoms with van der Waals surface area (Å²) < 4.78 is 10.3. The van der Waals surface area contributed by atoms with E-state index in [4.69, 9.17) is 9.47 Å². The van der Waals surface area contributed by atoms with Crippen LogP contribution in [0, 0.1) is 0 Å². The third-order valence-corrected chi connectivity index (χ3v) is 7.94. The first-order chi connectivity index (χ1) is 14.9. The molecule has 0 radical (unpaired) electrons. The molecule has 0 heterocycles. The molecular weight excluding hydrogens is 428 g/mol. The Morgan fingerprint density at radius 1 is 0.774 bits per heavy atom. The zero-order valence-electron chi connectivity index (χ0n) is 17.8. The van der Waals surface area contributed by atoms with Crippen LogP contribution in [0.3, 0.4) is 0 Å². The molecule has 0 bridgehead atoms. The number of hydrogen-bond acceptors (Lipinski definition) is 6. The Bertz CT molecular complexity index is 931. The molecule has 0 saturated heterocycles. The first kappa shape index (κ1) is 23.2. The van der Waals surface area contributed by atoms with E-state index in [2.05, 4.69) is 37.4 Å². The Kier molecular flexibility index (Phi) is 7.68. The SMILES string of the molecule is C=C(C)C(=O)OCCSC1(SCCOC(=O)C(=C)C)c2ccccc2-c2ccccc21.